The van der Waals surface area contributed by atoms with E-state index < -0.39 is 18.0 Å². The number of hydrogen-bond donors (Lipinski definition) is 2. The Morgan fingerprint density at radius 1 is 1.35 bits per heavy atom. The number of amides is 1. The fourth-order valence-corrected chi connectivity index (χ4v) is 2.63. The summed E-state index contributed by atoms with van der Waals surface area (Å²) in [5.41, 5.74) is 0.427. The number of H-pyrrole nitrogens is 1. The highest BCUT2D eigenvalue weighted by molar-refractivity contribution is 7.98. The van der Waals surface area contributed by atoms with E-state index in [0.29, 0.717) is 16.4 Å². The second-order valence-corrected chi connectivity index (χ2v) is 6.03. The van der Waals surface area contributed by atoms with Gasteiger partial charge in [0, 0.05) is 17.7 Å². The van der Waals surface area contributed by atoms with Crippen molar-refractivity contribution in [3.63, 3.8) is 0 Å². The molecule has 6 nitrogen and oxygen atoms in total. The summed E-state index contributed by atoms with van der Waals surface area (Å²) in [6.07, 6.45) is -3.08. The second kappa shape index (κ2) is 8.26. The second-order valence-electron chi connectivity index (χ2n) is 5.23. The number of alkyl halides is 3. The summed E-state index contributed by atoms with van der Waals surface area (Å²) in [6.45, 7) is 1.66. The molecule has 10 heteroatoms. The normalized spacial score (nSPS) is 11.3. The van der Waals surface area contributed by atoms with Crippen LogP contribution in [0.2, 0.25) is 0 Å². The lowest BCUT2D eigenvalue weighted by molar-refractivity contribution is -0.274. The molecule has 0 saturated heterocycles. The average Bonchev–Trinajstić information content (AvgIpc) is 2.54. The number of ether oxygens (including phenoxy) is 1. The first-order valence-corrected chi connectivity index (χ1v) is 8.70. The molecule has 1 aromatic carbocycles. The van der Waals surface area contributed by atoms with E-state index >= 15 is 0 Å². The Hall–Kier alpha value is -2.49. The predicted octanol–water partition coefficient (Wildman–Crippen LogP) is 3.27. The van der Waals surface area contributed by atoms with Gasteiger partial charge in [-0.2, -0.15) is 0 Å². The SMILES string of the molecule is CSc1nc(C)c(CCC(=O)Nc2ccccc2OC(F)(F)F)c(=O)[nH]1. The van der Waals surface area contributed by atoms with Crippen molar-refractivity contribution >= 4 is 23.4 Å². The van der Waals surface area contributed by atoms with E-state index in [9.17, 15) is 22.8 Å². The summed E-state index contributed by atoms with van der Waals surface area (Å²) in [6, 6.07) is 5.23. The predicted molar refractivity (Wildman–Crippen MR) is 91.5 cm³/mol. The Bertz CT molecular complexity index is 853. The first kappa shape index (κ1) is 19.8. The standard InChI is InChI=1S/C16H16F3N3O3S/c1-9-10(14(24)22-15(20-9)26-2)7-8-13(23)21-11-5-3-4-6-12(11)25-16(17,18)19/h3-6H,7-8H2,1-2H3,(H,21,23)(H,20,22,24). The smallest absolute Gasteiger partial charge is 0.404 e. The molecule has 2 aromatic rings. The summed E-state index contributed by atoms with van der Waals surface area (Å²) in [7, 11) is 0. The van der Waals surface area contributed by atoms with Crippen LogP contribution in [0, 0.1) is 6.92 Å². The molecule has 1 heterocycles. The zero-order chi connectivity index (χ0) is 19.3. The number of carbonyl (C=O) groups excluding carboxylic acids is 1. The van der Waals surface area contributed by atoms with Gasteiger partial charge in [0.15, 0.2) is 10.9 Å². The minimum absolute atomic E-state index is 0.0927. The van der Waals surface area contributed by atoms with Gasteiger partial charge in [-0.15, -0.1) is 13.2 Å². The van der Waals surface area contributed by atoms with Gasteiger partial charge in [0.1, 0.15) is 0 Å². The molecule has 0 radical (unpaired) electrons. The molecule has 1 aromatic heterocycles. The lowest BCUT2D eigenvalue weighted by Crippen LogP contribution is -2.21. The number of aromatic amines is 1. The molecule has 2 N–H and O–H groups in total. The van der Waals surface area contributed by atoms with Crippen molar-refractivity contribution in [1.29, 1.82) is 0 Å². The number of carbonyl (C=O) groups is 1. The van der Waals surface area contributed by atoms with Crippen LogP contribution >= 0.6 is 11.8 Å². The molecule has 26 heavy (non-hydrogen) atoms. The Kier molecular flexibility index (Phi) is 6.30. The molecule has 0 bridgehead atoms. The van der Waals surface area contributed by atoms with Crippen LogP contribution in [-0.2, 0) is 11.2 Å². The number of nitrogens with zero attached hydrogens (tertiary/aromatic N) is 1. The monoisotopic (exact) mass is 387 g/mol. The van der Waals surface area contributed by atoms with E-state index in [4.69, 9.17) is 0 Å². The highest BCUT2D eigenvalue weighted by Gasteiger charge is 2.32. The summed E-state index contributed by atoms with van der Waals surface area (Å²) >= 11 is 1.29. The molecule has 0 aliphatic carbocycles. The van der Waals surface area contributed by atoms with Gasteiger partial charge in [0.25, 0.3) is 5.56 Å². The van der Waals surface area contributed by atoms with Crippen LogP contribution < -0.4 is 15.6 Å². The van der Waals surface area contributed by atoms with Crippen LogP contribution in [0.3, 0.4) is 0 Å². The lowest BCUT2D eigenvalue weighted by Gasteiger charge is -2.14. The van der Waals surface area contributed by atoms with Crippen LogP contribution in [0.15, 0.2) is 34.2 Å². The first-order chi connectivity index (χ1) is 12.2. The van der Waals surface area contributed by atoms with Gasteiger partial charge in [-0.1, -0.05) is 23.9 Å². The van der Waals surface area contributed by atoms with Gasteiger partial charge >= 0.3 is 6.36 Å². The number of hydrogen-bond acceptors (Lipinski definition) is 5. The fourth-order valence-electron chi connectivity index (χ4n) is 2.21. The highest BCUT2D eigenvalue weighted by atomic mass is 32.2. The molecule has 0 saturated carbocycles. The van der Waals surface area contributed by atoms with Crippen molar-refractivity contribution in [3.05, 3.63) is 45.9 Å². The Balaban J connectivity index is 2.06. The number of aromatic nitrogens is 2. The third kappa shape index (κ3) is 5.51. The van der Waals surface area contributed by atoms with Gasteiger partial charge < -0.3 is 15.0 Å². The van der Waals surface area contributed by atoms with E-state index in [2.05, 4.69) is 20.0 Å². The van der Waals surface area contributed by atoms with E-state index in [1.54, 1.807) is 13.2 Å². The maximum absolute atomic E-state index is 12.4. The highest BCUT2D eigenvalue weighted by Crippen LogP contribution is 2.30. The Morgan fingerprint density at radius 2 is 2.04 bits per heavy atom. The van der Waals surface area contributed by atoms with Crippen molar-refractivity contribution in [2.45, 2.75) is 31.3 Å². The molecule has 0 fully saturated rings. The number of aryl methyl sites for hydroxylation is 1. The summed E-state index contributed by atoms with van der Waals surface area (Å²) < 4.78 is 41.1. The van der Waals surface area contributed by atoms with Crippen molar-refractivity contribution in [3.8, 4) is 5.75 Å². The number of rotatable bonds is 6. The first-order valence-electron chi connectivity index (χ1n) is 7.48. The van der Waals surface area contributed by atoms with Gasteiger partial charge in [0.2, 0.25) is 5.91 Å². The minimum Gasteiger partial charge on any atom is -0.404 e. The number of para-hydroxylation sites is 2. The molecular formula is C16H16F3N3O3S. The number of nitrogens with one attached hydrogen (secondary N) is 2. The average molecular weight is 387 g/mol. The van der Waals surface area contributed by atoms with Crippen LogP contribution in [0.25, 0.3) is 0 Å². The van der Waals surface area contributed by atoms with E-state index in [-0.39, 0.29) is 24.1 Å². The van der Waals surface area contributed by atoms with Crippen LogP contribution in [-0.4, -0.2) is 28.5 Å². The number of thioether (sulfide) groups is 1. The zero-order valence-corrected chi connectivity index (χ0v) is 14.8. The molecule has 2 rings (SSSR count). The van der Waals surface area contributed by atoms with E-state index in [1.165, 1.54) is 30.0 Å². The summed E-state index contributed by atoms with van der Waals surface area (Å²) in [4.78, 5) is 30.9. The fraction of sp³-hybridized carbons (Fsp3) is 0.312. The third-order valence-electron chi connectivity index (χ3n) is 3.38. The van der Waals surface area contributed by atoms with Crippen LogP contribution in [0.5, 0.6) is 5.75 Å². The molecule has 0 aliphatic heterocycles. The van der Waals surface area contributed by atoms with E-state index in [0.717, 1.165) is 6.07 Å². The Labute approximate surface area is 151 Å². The maximum Gasteiger partial charge on any atom is 0.573 e. The van der Waals surface area contributed by atoms with Crippen molar-refractivity contribution in [2.75, 3.05) is 11.6 Å². The van der Waals surface area contributed by atoms with Gasteiger partial charge in [0.05, 0.1) is 5.69 Å². The van der Waals surface area contributed by atoms with Gasteiger partial charge in [-0.25, -0.2) is 4.98 Å². The molecule has 0 aliphatic rings. The molecular weight excluding hydrogens is 371 g/mol. The number of halogens is 3. The molecule has 0 unspecified atom stereocenters. The summed E-state index contributed by atoms with van der Waals surface area (Å²) in [5, 5.41) is 2.84. The molecule has 1 amide bonds. The minimum atomic E-state index is -4.87. The molecule has 0 atom stereocenters. The van der Waals surface area contributed by atoms with Crippen LogP contribution in [0.1, 0.15) is 17.7 Å². The lowest BCUT2D eigenvalue weighted by atomic mass is 10.1. The van der Waals surface area contributed by atoms with E-state index in [1.807, 2.05) is 0 Å². The third-order valence-corrected chi connectivity index (χ3v) is 3.96. The van der Waals surface area contributed by atoms with Gasteiger partial charge in [-0.05, 0) is 31.7 Å². The molecule has 0 spiro atoms. The molecule has 140 valence electrons. The zero-order valence-electron chi connectivity index (χ0n) is 13.9. The van der Waals surface area contributed by atoms with Crippen LogP contribution in [0.4, 0.5) is 18.9 Å². The van der Waals surface area contributed by atoms with Crippen molar-refractivity contribution in [2.24, 2.45) is 0 Å². The summed E-state index contributed by atoms with van der Waals surface area (Å²) in [5.74, 6) is -1.05. The quantitative estimate of drug-likeness (QED) is 0.587. The van der Waals surface area contributed by atoms with Crippen molar-refractivity contribution in [1.82, 2.24) is 9.97 Å². The number of benzene rings is 1. The Morgan fingerprint density at radius 3 is 2.65 bits per heavy atom. The maximum atomic E-state index is 12.4. The topological polar surface area (TPSA) is 84.1 Å². The number of anilines is 1. The van der Waals surface area contributed by atoms with Gasteiger partial charge in [-0.3, -0.25) is 9.59 Å². The van der Waals surface area contributed by atoms with Crippen molar-refractivity contribution < 1.29 is 22.7 Å². The largest absolute Gasteiger partial charge is 0.573 e.